The van der Waals surface area contributed by atoms with Crippen LogP contribution < -0.4 is 5.32 Å². The van der Waals surface area contributed by atoms with Crippen molar-refractivity contribution in [2.24, 2.45) is 22.7 Å². The van der Waals surface area contributed by atoms with Crippen LogP contribution in [0.2, 0.25) is 0 Å². The minimum absolute atomic E-state index is 0.0272. The molecule has 1 saturated heterocycles. The Bertz CT molecular complexity index is 1920. The van der Waals surface area contributed by atoms with Gasteiger partial charge in [0.2, 0.25) is 0 Å². The van der Waals surface area contributed by atoms with Crippen molar-refractivity contribution in [2.75, 3.05) is 6.61 Å². The van der Waals surface area contributed by atoms with Crippen molar-refractivity contribution in [3.8, 4) is 0 Å². The lowest BCUT2D eigenvalue weighted by Gasteiger charge is -2.67. The molecule has 4 N–H and O–H groups in total. The number of amides is 1. The zero-order chi connectivity index (χ0) is 45.5. The van der Waals surface area contributed by atoms with Gasteiger partial charge in [-0.15, -0.1) is 0 Å². The number of hydrogen-bond acceptors (Lipinski definition) is 15. The molecule has 6 rings (SSSR count). The molecule has 11 atom stereocenters. The smallest absolute Gasteiger partial charge is 0.407 e. The van der Waals surface area contributed by atoms with E-state index >= 15 is 4.79 Å². The van der Waals surface area contributed by atoms with Crippen LogP contribution in [0, 0.1) is 22.7 Å². The number of ketones is 1. The molecule has 62 heavy (non-hydrogen) atoms. The summed E-state index contributed by atoms with van der Waals surface area (Å²) in [4.78, 5) is 83.4. The highest BCUT2D eigenvalue weighted by Crippen LogP contribution is 2.64. The highest BCUT2D eigenvalue weighted by atomic mass is 16.6. The van der Waals surface area contributed by atoms with E-state index in [0.29, 0.717) is 12.8 Å². The van der Waals surface area contributed by atoms with E-state index in [-0.39, 0.29) is 54.6 Å². The molecule has 5 aliphatic rings. The summed E-state index contributed by atoms with van der Waals surface area (Å²) in [5.41, 5.74) is -7.49. The Morgan fingerprint density at radius 1 is 0.968 bits per heavy atom. The maximum absolute atomic E-state index is 15.6. The summed E-state index contributed by atoms with van der Waals surface area (Å²) in [6.07, 6.45) is -7.06. The first kappa shape index (κ1) is 47.1. The van der Waals surface area contributed by atoms with E-state index < -0.39 is 113 Å². The molecule has 1 aromatic rings. The van der Waals surface area contributed by atoms with Gasteiger partial charge in [0.15, 0.2) is 23.6 Å². The van der Waals surface area contributed by atoms with Gasteiger partial charge in [-0.1, -0.05) is 59.2 Å². The summed E-state index contributed by atoms with van der Waals surface area (Å²) >= 11 is 0. The standard InChI is InChI=1S/C46H63NO15/c1-9-33(50)60-36-34-25(4)30(59-41(54)35(51)29(20-24(2)3)47-42(55)58-28-18-14-11-15-19-28)22-46(56,43(34,6)7)39(61-40(53)27-16-12-10-13-17-27)37-44(8,38(36)52)31(49)21-32-45(37,23-57-32)62-26(5)48/h10,12-13,16-17,24,28-32,35-37,39,49,51,56H,9,11,14-15,18-23H2,1-8H3,(H,47,55)/t29-,30-,31-,32+,35+,36+,37-,39-,44+,45-,46+/m0/s1. The third kappa shape index (κ3) is 8.39. The second-order valence-electron chi connectivity index (χ2n) is 18.9. The Kier molecular flexibility index (Phi) is 13.7. The Balaban J connectivity index is 1.49. The normalized spacial score (nSPS) is 33.8. The first-order chi connectivity index (χ1) is 29.1. The number of carbonyl (C=O) groups excluding carboxylic acids is 6. The van der Waals surface area contributed by atoms with Crippen molar-refractivity contribution in [1.29, 1.82) is 0 Å². The lowest BCUT2D eigenvalue weighted by Crippen LogP contribution is -2.82. The van der Waals surface area contributed by atoms with Crippen molar-refractivity contribution in [2.45, 2.75) is 173 Å². The Hall–Kier alpha value is -4.38. The van der Waals surface area contributed by atoms with E-state index in [9.17, 15) is 39.3 Å². The van der Waals surface area contributed by atoms with Gasteiger partial charge in [0.25, 0.3) is 0 Å². The van der Waals surface area contributed by atoms with Crippen molar-refractivity contribution in [3.63, 3.8) is 0 Å². The van der Waals surface area contributed by atoms with Crippen LogP contribution in [0.15, 0.2) is 41.5 Å². The molecular formula is C46H63NO15. The van der Waals surface area contributed by atoms with Gasteiger partial charge in [-0.2, -0.15) is 0 Å². The number of esters is 4. The SMILES string of the molecule is CCC(=O)O[C@H]1C(=O)[C@@]2(C)[C@H]([C@H](OC(=O)c3ccccc3)[C@]3(O)C[C@H](OC(=O)[C@H](O)[C@H](CC(C)C)NC(=O)OC4CCCCC4)C(C)=C1C3(C)C)[C@]1(OC(C)=O)CO[C@@H]1C[C@@H]2O. The molecule has 2 bridgehead atoms. The van der Waals surface area contributed by atoms with Crippen LogP contribution in [-0.2, 0) is 47.6 Å². The number of ether oxygens (including phenoxy) is 6. The summed E-state index contributed by atoms with van der Waals surface area (Å²) in [6, 6.07) is 6.74. The Morgan fingerprint density at radius 2 is 1.63 bits per heavy atom. The number of nitrogens with one attached hydrogen (secondary N) is 1. The van der Waals surface area contributed by atoms with E-state index in [2.05, 4.69) is 5.32 Å². The average molecular weight is 870 g/mol. The summed E-state index contributed by atoms with van der Waals surface area (Å²) < 4.78 is 36.1. The summed E-state index contributed by atoms with van der Waals surface area (Å²) in [5.74, 6) is -6.13. The molecule has 342 valence electrons. The van der Waals surface area contributed by atoms with E-state index in [1.165, 1.54) is 26.0 Å². The molecule has 4 fully saturated rings. The van der Waals surface area contributed by atoms with Gasteiger partial charge in [-0.05, 0) is 75.1 Å². The zero-order valence-corrected chi connectivity index (χ0v) is 37.0. The lowest BCUT2D eigenvalue weighted by molar-refractivity contribution is -0.346. The average Bonchev–Trinajstić information content (AvgIpc) is 3.21. The highest BCUT2D eigenvalue weighted by molar-refractivity contribution is 5.95. The Labute approximate surface area is 362 Å². The highest BCUT2D eigenvalue weighted by Gasteiger charge is 2.78. The molecule has 16 heteroatoms. The third-order valence-electron chi connectivity index (χ3n) is 14.2. The van der Waals surface area contributed by atoms with Gasteiger partial charge in [0.1, 0.15) is 30.0 Å². The van der Waals surface area contributed by atoms with Gasteiger partial charge in [-0.3, -0.25) is 14.4 Å². The van der Waals surface area contributed by atoms with E-state index in [4.69, 9.17) is 28.4 Å². The predicted molar refractivity (Wildman–Crippen MR) is 219 cm³/mol. The summed E-state index contributed by atoms with van der Waals surface area (Å²) in [5, 5.41) is 40.0. The molecule has 3 saturated carbocycles. The molecule has 16 nitrogen and oxygen atoms in total. The molecule has 0 unspecified atom stereocenters. The fraction of sp³-hybridized carbons (Fsp3) is 0.696. The van der Waals surface area contributed by atoms with Gasteiger partial charge >= 0.3 is 30.0 Å². The number of rotatable bonds is 12. The third-order valence-corrected chi connectivity index (χ3v) is 14.2. The second kappa shape index (κ2) is 18.0. The number of hydrogen-bond donors (Lipinski definition) is 4. The topological polar surface area (TPSA) is 231 Å². The molecule has 1 aromatic carbocycles. The van der Waals surface area contributed by atoms with Gasteiger partial charge in [-0.25, -0.2) is 14.4 Å². The maximum atomic E-state index is 15.6. The number of alkyl carbamates (subject to hydrolysis) is 1. The number of aliphatic hydroxyl groups is 3. The van der Waals surface area contributed by atoms with Gasteiger partial charge in [0, 0.05) is 31.6 Å². The van der Waals surface area contributed by atoms with Crippen LogP contribution in [0.5, 0.6) is 0 Å². The van der Waals surface area contributed by atoms with E-state index in [1.807, 2.05) is 13.8 Å². The quantitative estimate of drug-likeness (QED) is 0.129. The fourth-order valence-corrected chi connectivity index (χ4v) is 10.7. The molecular weight excluding hydrogens is 806 g/mol. The molecule has 1 heterocycles. The molecule has 0 spiro atoms. The van der Waals surface area contributed by atoms with Crippen LogP contribution in [0.25, 0.3) is 0 Å². The number of aliphatic hydroxyl groups excluding tert-OH is 2. The summed E-state index contributed by atoms with van der Waals surface area (Å²) in [7, 11) is 0. The Morgan fingerprint density at radius 3 is 2.21 bits per heavy atom. The lowest BCUT2D eigenvalue weighted by atomic mass is 9.44. The van der Waals surface area contributed by atoms with Gasteiger partial charge < -0.3 is 49.1 Å². The van der Waals surface area contributed by atoms with Crippen molar-refractivity contribution < 1.29 is 72.5 Å². The number of fused-ring (bicyclic) bond motifs is 5. The second-order valence-corrected chi connectivity index (χ2v) is 18.9. The van der Waals surface area contributed by atoms with Crippen LogP contribution in [0.1, 0.15) is 124 Å². The van der Waals surface area contributed by atoms with Crippen molar-refractivity contribution >= 4 is 35.8 Å². The van der Waals surface area contributed by atoms with Crippen molar-refractivity contribution in [3.05, 3.63) is 47.0 Å². The first-order valence-electron chi connectivity index (χ1n) is 21.9. The first-order valence-corrected chi connectivity index (χ1v) is 21.9. The summed E-state index contributed by atoms with van der Waals surface area (Å²) in [6.45, 7) is 12.2. The fourth-order valence-electron chi connectivity index (χ4n) is 10.7. The maximum Gasteiger partial charge on any atom is 0.407 e. The largest absolute Gasteiger partial charge is 0.456 e. The molecule has 1 aliphatic heterocycles. The minimum Gasteiger partial charge on any atom is -0.456 e. The number of benzene rings is 1. The van der Waals surface area contributed by atoms with Crippen molar-refractivity contribution in [1.82, 2.24) is 5.32 Å². The van der Waals surface area contributed by atoms with Crippen LogP contribution in [0.3, 0.4) is 0 Å². The van der Waals surface area contributed by atoms with Gasteiger partial charge in [0.05, 0.1) is 35.6 Å². The van der Waals surface area contributed by atoms with Crippen LogP contribution in [0.4, 0.5) is 4.79 Å². The molecule has 0 radical (unpaired) electrons. The number of Topliss-reactive ketones (excluding diaryl/α,β-unsaturated/α-hetero) is 1. The van der Waals surface area contributed by atoms with E-state index in [1.54, 1.807) is 39.0 Å². The van der Waals surface area contributed by atoms with Crippen LogP contribution in [-0.4, -0.2) is 118 Å². The molecule has 4 aliphatic carbocycles. The van der Waals surface area contributed by atoms with Crippen LogP contribution >= 0.6 is 0 Å². The van der Waals surface area contributed by atoms with E-state index in [0.717, 1.165) is 26.2 Å². The zero-order valence-electron chi connectivity index (χ0n) is 37.0. The number of carbonyl (C=O) groups is 6. The minimum atomic E-state index is -2.37. The molecule has 1 amide bonds. The predicted octanol–water partition coefficient (Wildman–Crippen LogP) is 4.43. The monoisotopic (exact) mass is 869 g/mol. The molecule has 0 aromatic heterocycles.